The van der Waals surface area contributed by atoms with Gasteiger partial charge in [0.1, 0.15) is 0 Å². The van der Waals surface area contributed by atoms with Gasteiger partial charge in [0.2, 0.25) is 0 Å². The molecule has 10 aromatic rings. The van der Waals surface area contributed by atoms with Gasteiger partial charge in [0.25, 0.3) is 0 Å². The highest BCUT2D eigenvalue weighted by atomic mass is 16.1. The first-order valence-corrected chi connectivity index (χ1v) is 16.4. The zero-order valence-electron chi connectivity index (χ0n) is 26.2. The number of nitrogens with zero attached hydrogens (tertiary/aromatic N) is 3. The van der Waals surface area contributed by atoms with Crippen LogP contribution in [-0.4, -0.2) is 8.97 Å². The quantitative estimate of drug-likeness (QED) is 0.144. The van der Waals surface area contributed by atoms with E-state index in [9.17, 15) is 9.59 Å². The van der Waals surface area contributed by atoms with Crippen LogP contribution in [0.25, 0.3) is 65.6 Å². The van der Waals surface area contributed by atoms with Gasteiger partial charge in [0.15, 0.2) is 10.9 Å². The molecular formula is C44H27N3O2. The van der Waals surface area contributed by atoms with Crippen molar-refractivity contribution in [3.05, 3.63) is 184 Å². The zero-order chi connectivity index (χ0) is 32.6. The Morgan fingerprint density at radius 1 is 0.367 bits per heavy atom. The minimum absolute atomic E-state index is 0.0618. The summed E-state index contributed by atoms with van der Waals surface area (Å²) in [5, 5.41) is 4.40. The third kappa shape index (κ3) is 3.93. The second kappa shape index (κ2) is 10.4. The first-order chi connectivity index (χ1) is 24.2. The molecule has 0 aliphatic carbocycles. The average Bonchev–Trinajstić information content (AvgIpc) is 3.48. The van der Waals surface area contributed by atoms with Gasteiger partial charge in [0, 0.05) is 55.1 Å². The molecule has 0 atom stereocenters. The first kappa shape index (κ1) is 27.4. The molecule has 0 unspecified atom stereocenters. The molecule has 0 radical (unpaired) electrons. The van der Waals surface area contributed by atoms with Crippen molar-refractivity contribution in [1.82, 2.24) is 8.97 Å². The van der Waals surface area contributed by atoms with Crippen LogP contribution in [0.15, 0.2) is 173 Å². The van der Waals surface area contributed by atoms with E-state index in [1.165, 1.54) is 0 Å². The van der Waals surface area contributed by atoms with Crippen LogP contribution in [0.1, 0.15) is 0 Å². The van der Waals surface area contributed by atoms with Crippen LogP contribution >= 0.6 is 0 Å². The highest BCUT2D eigenvalue weighted by molar-refractivity contribution is 6.16. The SMILES string of the molecule is O=c1c2ccccc2n2c3cc4c5cc(N(c6ccccc6)c6ccccc6)ccc5n(-c5ccccc5)c4cc3c(=O)c3cccc1c32. The van der Waals surface area contributed by atoms with Gasteiger partial charge in [-0.3, -0.25) is 9.59 Å². The monoisotopic (exact) mass is 629 g/mol. The summed E-state index contributed by atoms with van der Waals surface area (Å²) in [5.41, 5.74) is 8.20. The predicted octanol–water partition coefficient (Wildman–Crippen LogP) is 10.1. The van der Waals surface area contributed by atoms with Crippen molar-refractivity contribution in [3.8, 4) is 5.69 Å². The highest BCUT2D eigenvalue weighted by Gasteiger charge is 2.21. The Hall–Kier alpha value is -6.72. The molecule has 5 heteroatoms. The molecule has 3 aromatic heterocycles. The number of benzene rings is 7. The number of aromatic nitrogens is 2. The van der Waals surface area contributed by atoms with Gasteiger partial charge >= 0.3 is 0 Å². The zero-order valence-corrected chi connectivity index (χ0v) is 26.2. The molecule has 230 valence electrons. The summed E-state index contributed by atoms with van der Waals surface area (Å²) in [6.07, 6.45) is 0. The fraction of sp³-hybridized carbons (Fsp3) is 0. The molecule has 0 bridgehead atoms. The summed E-state index contributed by atoms with van der Waals surface area (Å²) < 4.78 is 4.37. The van der Waals surface area contributed by atoms with Gasteiger partial charge in [-0.05, 0) is 91.0 Å². The van der Waals surface area contributed by atoms with Crippen LogP contribution < -0.4 is 15.8 Å². The lowest BCUT2D eigenvalue weighted by molar-refractivity contribution is 1.18. The minimum Gasteiger partial charge on any atom is -0.310 e. The Morgan fingerprint density at radius 3 is 1.61 bits per heavy atom. The van der Waals surface area contributed by atoms with Crippen LogP contribution in [0.2, 0.25) is 0 Å². The van der Waals surface area contributed by atoms with Crippen LogP contribution in [0, 0.1) is 0 Å². The summed E-state index contributed by atoms with van der Waals surface area (Å²) in [6, 6.07) is 55.0. The fourth-order valence-corrected chi connectivity index (χ4v) is 7.68. The van der Waals surface area contributed by atoms with E-state index < -0.39 is 0 Å². The molecule has 0 saturated carbocycles. The van der Waals surface area contributed by atoms with Gasteiger partial charge in [-0.25, -0.2) is 0 Å². The first-order valence-electron chi connectivity index (χ1n) is 16.4. The lowest BCUT2D eigenvalue weighted by atomic mass is 10.0. The van der Waals surface area contributed by atoms with Crippen molar-refractivity contribution < 1.29 is 0 Å². The lowest BCUT2D eigenvalue weighted by Gasteiger charge is -2.25. The Kier molecular flexibility index (Phi) is 5.81. The smallest absolute Gasteiger partial charge is 0.197 e. The predicted molar refractivity (Wildman–Crippen MR) is 203 cm³/mol. The maximum Gasteiger partial charge on any atom is 0.197 e. The summed E-state index contributed by atoms with van der Waals surface area (Å²) in [4.78, 5) is 30.3. The molecular weight excluding hydrogens is 603 g/mol. The Morgan fingerprint density at radius 2 is 0.918 bits per heavy atom. The molecule has 0 amide bonds. The van der Waals surface area contributed by atoms with E-state index in [0.29, 0.717) is 27.1 Å². The fourth-order valence-electron chi connectivity index (χ4n) is 7.68. The van der Waals surface area contributed by atoms with Crippen molar-refractivity contribution in [1.29, 1.82) is 0 Å². The van der Waals surface area contributed by atoms with E-state index in [0.717, 1.165) is 55.6 Å². The second-order valence-corrected chi connectivity index (χ2v) is 12.5. The van der Waals surface area contributed by atoms with Crippen LogP contribution in [0.3, 0.4) is 0 Å². The molecule has 3 heterocycles. The summed E-state index contributed by atoms with van der Waals surface area (Å²) in [5.74, 6) is 0. The summed E-state index contributed by atoms with van der Waals surface area (Å²) in [6.45, 7) is 0. The van der Waals surface area contributed by atoms with E-state index >= 15 is 0 Å². The van der Waals surface area contributed by atoms with Crippen molar-refractivity contribution >= 4 is 77.0 Å². The number of hydrogen-bond donors (Lipinski definition) is 0. The van der Waals surface area contributed by atoms with Crippen LogP contribution in [0.4, 0.5) is 17.1 Å². The molecule has 0 aliphatic rings. The molecule has 0 saturated heterocycles. The molecule has 10 rings (SSSR count). The number of pyridine rings is 2. The van der Waals surface area contributed by atoms with Gasteiger partial charge in [-0.2, -0.15) is 0 Å². The maximum atomic E-state index is 14.4. The number of hydrogen-bond acceptors (Lipinski definition) is 3. The van der Waals surface area contributed by atoms with Crippen molar-refractivity contribution in [2.45, 2.75) is 0 Å². The Bertz CT molecular complexity index is 2980. The van der Waals surface area contributed by atoms with Gasteiger partial charge < -0.3 is 13.9 Å². The molecule has 7 aromatic carbocycles. The molecule has 0 fully saturated rings. The minimum atomic E-state index is -0.0814. The Labute approximate surface area is 280 Å². The molecule has 0 N–H and O–H groups in total. The van der Waals surface area contributed by atoms with E-state index in [1.54, 1.807) is 0 Å². The third-order valence-corrected chi connectivity index (χ3v) is 9.79. The average molecular weight is 630 g/mol. The third-order valence-electron chi connectivity index (χ3n) is 9.79. The van der Waals surface area contributed by atoms with E-state index in [2.05, 4.69) is 98.8 Å². The van der Waals surface area contributed by atoms with E-state index in [4.69, 9.17) is 0 Å². The normalized spacial score (nSPS) is 11.8. The largest absolute Gasteiger partial charge is 0.310 e. The van der Waals surface area contributed by atoms with Crippen LogP contribution in [0.5, 0.6) is 0 Å². The van der Waals surface area contributed by atoms with Gasteiger partial charge in [-0.1, -0.05) is 72.8 Å². The van der Waals surface area contributed by atoms with E-state index in [1.807, 2.05) is 78.9 Å². The molecule has 0 spiro atoms. The lowest BCUT2D eigenvalue weighted by Crippen LogP contribution is -2.14. The summed E-state index contributed by atoms with van der Waals surface area (Å²) >= 11 is 0. The molecule has 5 nitrogen and oxygen atoms in total. The standard InChI is InChI=1S/C44H27N3O2/c48-43-32-19-10-11-22-38(32)47-41-26-36-35-25-31(45(28-13-4-1-5-14-28)29-15-6-2-7-16-29)23-24-39(35)46(30-17-8-3-9-18-30)40(36)27-37(41)44(49)34-21-12-20-33(43)42(34)47/h1-27H. The Balaban J connectivity index is 1.38. The van der Waals surface area contributed by atoms with Crippen molar-refractivity contribution in [2.24, 2.45) is 0 Å². The number of rotatable bonds is 4. The van der Waals surface area contributed by atoms with Gasteiger partial charge in [-0.15, -0.1) is 0 Å². The topological polar surface area (TPSA) is 46.7 Å². The van der Waals surface area contributed by atoms with Crippen LogP contribution in [-0.2, 0) is 0 Å². The summed E-state index contributed by atoms with van der Waals surface area (Å²) in [7, 11) is 0. The second-order valence-electron chi connectivity index (χ2n) is 12.5. The maximum absolute atomic E-state index is 14.4. The molecule has 49 heavy (non-hydrogen) atoms. The number of para-hydroxylation sites is 5. The number of anilines is 3. The van der Waals surface area contributed by atoms with E-state index in [-0.39, 0.29) is 10.9 Å². The van der Waals surface area contributed by atoms with Gasteiger partial charge in [0.05, 0.1) is 27.6 Å². The van der Waals surface area contributed by atoms with Crippen molar-refractivity contribution in [2.75, 3.05) is 4.90 Å². The molecule has 0 aliphatic heterocycles. The number of fused-ring (bicyclic) bond motifs is 7. The highest BCUT2D eigenvalue weighted by Crippen LogP contribution is 2.41. The van der Waals surface area contributed by atoms with Crippen molar-refractivity contribution in [3.63, 3.8) is 0 Å².